The van der Waals surface area contributed by atoms with Crippen LogP contribution in [0, 0.1) is 5.82 Å². The molecule has 3 N–H and O–H groups in total. The molecule has 0 atom stereocenters. The predicted octanol–water partition coefficient (Wildman–Crippen LogP) is 1.28. The van der Waals surface area contributed by atoms with Gasteiger partial charge in [0.05, 0.1) is 19.2 Å². The Morgan fingerprint density at radius 3 is 2.94 bits per heavy atom. The normalized spacial score (nSPS) is 10.5. The highest BCUT2D eigenvalue weighted by Gasteiger charge is 2.11. The fourth-order valence-corrected chi connectivity index (χ4v) is 1.67. The zero-order valence-electron chi connectivity index (χ0n) is 9.51. The molecular weight excluding hydrogens is 237 g/mol. The summed E-state index contributed by atoms with van der Waals surface area (Å²) in [5, 5.41) is 12.7. The summed E-state index contributed by atoms with van der Waals surface area (Å²) in [6.07, 6.45) is 1.25. The van der Waals surface area contributed by atoms with Crippen LogP contribution in [0.4, 0.5) is 10.2 Å². The van der Waals surface area contributed by atoms with E-state index in [1.165, 1.54) is 23.0 Å². The molecule has 0 bridgehead atoms. The third-order valence-corrected chi connectivity index (χ3v) is 2.52. The van der Waals surface area contributed by atoms with Crippen molar-refractivity contribution < 1.29 is 14.3 Å². The summed E-state index contributed by atoms with van der Waals surface area (Å²) < 4.78 is 14.5. The predicted molar refractivity (Wildman–Crippen MR) is 63.5 cm³/mol. The van der Waals surface area contributed by atoms with Crippen LogP contribution < -0.4 is 5.73 Å². The van der Waals surface area contributed by atoms with Crippen LogP contribution in [0.25, 0.3) is 0 Å². The lowest BCUT2D eigenvalue weighted by Crippen LogP contribution is -2.08. The van der Waals surface area contributed by atoms with E-state index in [1.54, 1.807) is 12.1 Å². The van der Waals surface area contributed by atoms with E-state index in [4.69, 9.17) is 10.8 Å². The molecule has 1 aromatic carbocycles. The van der Waals surface area contributed by atoms with E-state index in [9.17, 15) is 9.18 Å². The molecule has 0 radical (unpaired) electrons. The summed E-state index contributed by atoms with van der Waals surface area (Å²) >= 11 is 0. The maximum absolute atomic E-state index is 13.0. The van der Waals surface area contributed by atoms with Crippen molar-refractivity contribution in [1.29, 1.82) is 0 Å². The topological polar surface area (TPSA) is 81.1 Å². The first-order valence-electron chi connectivity index (χ1n) is 5.32. The number of aromatic nitrogens is 2. The van der Waals surface area contributed by atoms with Crippen molar-refractivity contribution in [3.05, 3.63) is 47.4 Å². The molecule has 1 heterocycles. The Bertz CT molecular complexity index is 580. The van der Waals surface area contributed by atoms with Gasteiger partial charge < -0.3 is 10.8 Å². The van der Waals surface area contributed by atoms with Crippen LogP contribution in [0.3, 0.4) is 0 Å². The van der Waals surface area contributed by atoms with Crippen LogP contribution in [0.1, 0.15) is 11.1 Å². The first kappa shape index (κ1) is 12.1. The van der Waals surface area contributed by atoms with Crippen molar-refractivity contribution >= 4 is 11.8 Å². The first-order chi connectivity index (χ1) is 8.56. The average Bonchev–Trinajstić information content (AvgIpc) is 2.61. The second-order valence-electron chi connectivity index (χ2n) is 3.91. The second kappa shape index (κ2) is 4.87. The Kier molecular flexibility index (Phi) is 3.27. The highest BCUT2D eigenvalue weighted by Crippen LogP contribution is 2.14. The number of benzene rings is 1. The lowest BCUT2D eigenvalue weighted by atomic mass is 10.2. The van der Waals surface area contributed by atoms with Crippen LogP contribution >= 0.6 is 0 Å². The molecule has 0 unspecified atom stereocenters. The van der Waals surface area contributed by atoms with E-state index >= 15 is 0 Å². The number of hydrogen-bond acceptors (Lipinski definition) is 3. The largest absolute Gasteiger partial charge is 0.481 e. The molecular formula is C12H12FN3O2. The van der Waals surface area contributed by atoms with E-state index in [-0.39, 0.29) is 12.2 Å². The number of nitrogens with zero attached hydrogens (tertiary/aromatic N) is 2. The minimum Gasteiger partial charge on any atom is -0.481 e. The van der Waals surface area contributed by atoms with Gasteiger partial charge in [-0.25, -0.2) is 9.07 Å². The van der Waals surface area contributed by atoms with Gasteiger partial charge in [-0.05, 0) is 17.7 Å². The standard InChI is InChI=1S/C12H12FN3O2/c13-10-3-1-2-8(4-10)7-16-12(14)9(6-15-16)5-11(17)18/h1-4,6H,5,7,14H2,(H,17,18). The number of aliphatic carboxylic acids is 1. The van der Waals surface area contributed by atoms with Crippen LogP contribution in [0.2, 0.25) is 0 Å². The third kappa shape index (κ3) is 2.65. The zero-order chi connectivity index (χ0) is 13.1. The lowest BCUT2D eigenvalue weighted by Gasteiger charge is -2.05. The summed E-state index contributed by atoms with van der Waals surface area (Å²) in [5.74, 6) is -1.00. The molecule has 0 spiro atoms. The highest BCUT2D eigenvalue weighted by atomic mass is 19.1. The molecule has 0 aliphatic heterocycles. The van der Waals surface area contributed by atoms with Gasteiger partial charge in [-0.2, -0.15) is 5.10 Å². The number of anilines is 1. The van der Waals surface area contributed by atoms with Gasteiger partial charge in [0.15, 0.2) is 0 Å². The molecule has 2 rings (SSSR count). The Labute approximate surface area is 103 Å². The SMILES string of the molecule is Nc1c(CC(=O)O)cnn1Cc1cccc(F)c1. The quantitative estimate of drug-likeness (QED) is 0.855. The van der Waals surface area contributed by atoms with Crippen molar-refractivity contribution in [2.24, 2.45) is 0 Å². The van der Waals surface area contributed by atoms with E-state index in [2.05, 4.69) is 5.10 Å². The third-order valence-electron chi connectivity index (χ3n) is 2.52. The maximum Gasteiger partial charge on any atom is 0.308 e. The van der Waals surface area contributed by atoms with Gasteiger partial charge in [0.2, 0.25) is 0 Å². The molecule has 2 aromatic rings. The fraction of sp³-hybridized carbons (Fsp3) is 0.167. The molecule has 5 nitrogen and oxygen atoms in total. The summed E-state index contributed by atoms with van der Waals surface area (Å²) in [6.45, 7) is 0.309. The van der Waals surface area contributed by atoms with Crippen molar-refractivity contribution in [3.63, 3.8) is 0 Å². The van der Waals surface area contributed by atoms with E-state index in [0.29, 0.717) is 23.5 Å². The fourth-order valence-electron chi connectivity index (χ4n) is 1.67. The minimum absolute atomic E-state index is 0.172. The summed E-state index contributed by atoms with van der Waals surface area (Å²) in [6, 6.07) is 6.09. The number of nitrogen functional groups attached to an aromatic ring is 1. The van der Waals surface area contributed by atoms with Crippen LogP contribution in [-0.4, -0.2) is 20.9 Å². The van der Waals surface area contributed by atoms with Gasteiger partial charge >= 0.3 is 5.97 Å². The number of halogens is 1. The number of carboxylic acid groups (broad SMARTS) is 1. The van der Waals surface area contributed by atoms with Crippen molar-refractivity contribution in [1.82, 2.24) is 9.78 Å². The molecule has 6 heteroatoms. The van der Waals surface area contributed by atoms with Gasteiger partial charge in [-0.1, -0.05) is 12.1 Å². The number of nitrogens with two attached hydrogens (primary N) is 1. The van der Waals surface area contributed by atoms with Gasteiger partial charge in [-0.3, -0.25) is 4.79 Å². The summed E-state index contributed by atoms with van der Waals surface area (Å²) in [7, 11) is 0. The Morgan fingerprint density at radius 1 is 1.50 bits per heavy atom. The molecule has 0 saturated carbocycles. The van der Waals surface area contributed by atoms with Crippen molar-refractivity contribution in [2.75, 3.05) is 5.73 Å². The zero-order valence-corrected chi connectivity index (χ0v) is 9.51. The minimum atomic E-state index is -0.966. The molecule has 0 fully saturated rings. The maximum atomic E-state index is 13.0. The number of rotatable bonds is 4. The number of hydrogen-bond donors (Lipinski definition) is 2. The highest BCUT2D eigenvalue weighted by molar-refractivity contribution is 5.72. The molecule has 94 valence electrons. The Hall–Kier alpha value is -2.37. The average molecular weight is 249 g/mol. The van der Waals surface area contributed by atoms with Gasteiger partial charge in [0.1, 0.15) is 11.6 Å². The van der Waals surface area contributed by atoms with Crippen LogP contribution in [0.5, 0.6) is 0 Å². The summed E-state index contributed by atoms with van der Waals surface area (Å²) in [5.41, 5.74) is 6.95. The number of carboxylic acids is 1. The first-order valence-corrected chi connectivity index (χ1v) is 5.32. The molecule has 0 aliphatic carbocycles. The molecule has 0 saturated heterocycles. The molecule has 1 aromatic heterocycles. The Morgan fingerprint density at radius 2 is 2.28 bits per heavy atom. The van der Waals surface area contributed by atoms with Gasteiger partial charge in [0.25, 0.3) is 0 Å². The van der Waals surface area contributed by atoms with E-state index in [0.717, 1.165) is 0 Å². The molecule has 18 heavy (non-hydrogen) atoms. The summed E-state index contributed by atoms with van der Waals surface area (Å²) in [4.78, 5) is 10.6. The van der Waals surface area contributed by atoms with Crippen LogP contribution in [-0.2, 0) is 17.8 Å². The van der Waals surface area contributed by atoms with Gasteiger partial charge in [0, 0.05) is 5.56 Å². The number of carbonyl (C=O) groups is 1. The van der Waals surface area contributed by atoms with Crippen molar-refractivity contribution in [2.45, 2.75) is 13.0 Å². The molecule has 0 amide bonds. The van der Waals surface area contributed by atoms with E-state index < -0.39 is 5.97 Å². The lowest BCUT2D eigenvalue weighted by molar-refractivity contribution is -0.136. The van der Waals surface area contributed by atoms with Crippen LogP contribution in [0.15, 0.2) is 30.5 Å². The van der Waals surface area contributed by atoms with Gasteiger partial charge in [-0.15, -0.1) is 0 Å². The van der Waals surface area contributed by atoms with E-state index in [1.807, 2.05) is 0 Å². The smallest absolute Gasteiger partial charge is 0.308 e. The second-order valence-corrected chi connectivity index (χ2v) is 3.91. The Balaban J connectivity index is 2.20. The monoisotopic (exact) mass is 249 g/mol. The van der Waals surface area contributed by atoms with Crippen molar-refractivity contribution in [3.8, 4) is 0 Å². The molecule has 0 aliphatic rings.